The third-order valence-corrected chi connectivity index (χ3v) is 4.63. The van der Waals surface area contributed by atoms with E-state index < -0.39 is 4.92 Å². The van der Waals surface area contributed by atoms with Crippen molar-refractivity contribution >= 4 is 28.2 Å². The Bertz CT molecular complexity index is 1040. The summed E-state index contributed by atoms with van der Waals surface area (Å²) < 4.78 is 2.21. The normalized spacial score (nSPS) is 12.7. The fourth-order valence-electron chi connectivity index (χ4n) is 3.03. The van der Waals surface area contributed by atoms with Gasteiger partial charge < -0.3 is 4.57 Å². The highest BCUT2D eigenvalue weighted by Gasteiger charge is 2.13. The van der Waals surface area contributed by atoms with E-state index >= 15 is 0 Å². The molecule has 0 aliphatic carbocycles. The zero-order valence-corrected chi connectivity index (χ0v) is 14.7. The van der Waals surface area contributed by atoms with Crippen LogP contribution in [0.3, 0.4) is 0 Å². The topological polar surface area (TPSA) is 71.9 Å². The molecule has 3 rings (SSSR count). The number of rotatable bonds is 5. The van der Waals surface area contributed by atoms with Crippen LogP contribution in [0.5, 0.6) is 0 Å². The van der Waals surface area contributed by atoms with Crippen LogP contribution in [0.25, 0.3) is 22.6 Å². The molecule has 0 spiro atoms. The lowest BCUT2D eigenvalue weighted by atomic mass is 10.0. The van der Waals surface area contributed by atoms with Gasteiger partial charge in [0.25, 0.3) is 5.69 Å². The van der Waals surface area contributed by atoms with Crippen LogP contribution in [-0.4, -0.2) is 9.49 Å². The van der Waals surface area contributed by atoms with Crippen molar-refractivity contribution in [2.24, 2.45) is 0 Å². The van der Waals surface area contributed by atoms with Gasteiger partial charge >= 0.3 is 0 Å². The lowest BCUT2D eigenvalue weighted by molar-refractivity contribution is -0.384. The van der Waals surface area contributed by atoms with Gasteiger partial charge in [-0.2, -0.15) is 5.26 Å². The van der Waals surface area contributed by atoms with Crippen molar-refractivity contribution in [2.75, 3.05) is 0 Å². The third-order valence-electron chi connectivity index (χ3n) is 4.63. The van der Waals surface area contributed by atoms with Gasteiger partial charge in [0, 0.05) is 40.8 Å². The monoisotopic (exact) mass is 345 g/mol. The molecule has 0 aliphatic heterocycles. The second-order valence-corrected chi connectivity index (χ2v) is 6.24. The average Bonchev–Trinajstić information content (AvgIpc) is 3.04. The van der Waals surface area contributed by atoms with Crippen molar-refractivity contribution in [3.05, 3.63) is 76.0 Å². The van der Waals surface area contributed by atoms with Crippen LogP contribution < -0.4 is 0 Å². The van der Waals surface area contributed by atoms with E-state index in [4.69, 9.17) is 0 Å². The number of para-hydroxylation sites is 1. The van der Waals surface area contributed by atoms with Gasteiger partial charge in [0.15, 0.2) is 0 Å². The number of hydrogen-bond acceptors (Lipinski definition) is 3. The van der Waals surface area contributed by atoms with Gasteiger partial charge in [-0.15, -0.1) is 0 Å². The molecule has 1 atom stereocenters. The highest BCUT2D eigenvalue weighted by molar-refractivity contribution is 5.98. The third kappa shape index (κ3) is 3.22. The van der Waals surface area contributed by atoms with Gasteiger partial charge in [0.1, 0.15) is 0 Å². The standard InChI is InChI=1S/C21H19N3O2/c1-3-15(2)23-14-18(20-9-4-5-10-21(20)23)11-17(13-22)16-7-6-8-19(12-16)24(25)26/h4-12,14-15H,3H2,1-2H3/b17-11-/t15-/m1/s1. The average molecular weight is 345 g/mol. The smallest absolute Gasteiger partial charge is 0.270 e. The molecule has 0 N–H and O–H groups in total. The number of nitro groups is 1. The van der Waals surface area contributed by atoms with Gasteiger partial charge in [-0.25, -0.2) is 0 Å². The van der Waals surface area contributed by atoms with Crippen LogP contribution in [0.15, 0.2) is 54.7 Å². The number of fused-ring (bicyclic) bond motifs is 1. The Morgan fingerprint density at radius 2 is 2.08 bits per heavy atom. The number of nitrogens with zero attached hydrogens (tertiary/aromatic N) is 3. The maximum absolute atomic E-state index is 11.0. The number of nitro benzene ring substituents is 1. The summed E-state index contributed by atoms with van der Waals surface area (Å²) in [5, 5.41) is 21.7. The van der Waals surface area contributed by atoms with E-state index in [1.54, 1.807) is 18.2 Å². The Hall–Kier alpha value is -3.39. The Kier molecular flexibility index (Phi) is 4.85. The largest absolute Gasteiger partial charge is 0.344 e. The number of aromatic nitrogens is 1. The van der Waals surface area contributed by atoms with Crippen LogP contribution in [0.1, 0.15) is 37.4 Å². The quantitative estimate of drug-likeness (QED) is 0.344. The van der Waals surface area contributed by atoms with Crippen LogP contribution in [0.4, 0.5) is 5.69 Å². The molecule has 0 amide bonds. The molecule has 5 nitrogen and oxygen atoms in total. The van der Waals surface area contributed by atoms with Crippen molar-refractivity contribution in [1.29, 1.82) is 5.26 Å². The lowest BCUT2D eigenvalue weighted by Gasteiger charge is -2.12. The van der Waals surface area contributed by atoms with Crippen molar-refractivity contribution < 1.29 is 4.92 Å². The van der Waals surface area contributed by atoms with Gasteiger partial charge in [-0.3, -0.25) is 10.1 Å². The summed E-state index contributed by atoms with van der Waals surface area (Å²) in [6.45, 7) is 4.30. The molecule has 0 saturated carbocycles. The minimum Gasteiger partial charge on any atom is -0.344 e. The van der Waals surface area contributed by atoms with Crippen LogP contribution in [0.2, 0.25) is 0 Å². The van der Waals surface area contributed by atoms with E-state index in [0.29, 0.717) is 17.2 Å². The molecule has 130 valence electrons. The first-order chi connectivity index (χ1) is 12.5. The van der Waals surface area contributed by atoms with Crippen LogP contribution >= 0.6 is 0 Å². The van der Waals surface area contributed by atoms with Gasteiger partial charge in [-0.1, -0.05) is 37.3 Å². The Labute approximate surface area is 151 Å². The number of allylic oxidation sites excluding steroid dienone is 1. The molecule has 3 aromatic rings. The minimum atomic E-state index is -0.451. The molecule has 0 bridgehead atoms. The lowest BCUT2D eigenvalue weighted by Crippen LogP contribution is -2.01. The molecule has 0 aliphatic rings. The summed E-state index contributed by atoms with van der Waals surface area (Å²) in [7, 11) is 0. The fourth-order valence-corrected chi connectivity index (χ4v) is 3.03. The molecule has 1 aromatic heterocycles. The molecule has 0 saturated heterocycles. The van der Waals surface area contributed by atoms with Crippen molar-refractivity contribution in [3.8, 4) is 6.07 Å². The molecule has 1 heterocycles. The summed E-state index contributed by atoms with van der Waals surface area (Å²) in [6.07, 6.45) is 4.85. The first-order valence-corrected chi connectivity index (χ1v) is 8.51. The van der Waals surface area contributed by atoms with E-state index in [-0.39, 0.29) is 5.69 Å². The van der Waals surface area contributed by atoms with E-state index in [0.717, 1.165) is 22.9 Å². The number of nitriles is 1. The van der Waals surface area contributed by atoms with Gasteiger partial charge in [-0.05, 0) is 31.1 Å². The number of hydrogen-bond donors (Lipinski definition) is 0. The van der Waals surface area contributed by atoms with Crippen LogP contribution in [0, 0.1) is 21.4 Å². The zero-order chi connectivity index (χ0) is 18.7. The van der Waals surface area contributed by atoms with Crippen molar-refractivity contribution in [3.63, 3.8) is 0 Å². The second kappa shape index (κ2) is 7.24. The predicted octanol–water partition coefficient (Wildman–Crippen LogP) is 5.58. The predicted molar refractivity (Wildman–Crippen MR) is 104 cm³/mol. The highest BCUT2D eigenvalue weighted by atomic mass is 16.6. The first-order valence-electron chi connectivity index (χ1n) is 8.51. The van der Waals surface area contributed by atoms with E-state index in [1.165, 1.54) is 12.1 Å². The summed E-state index contributed by atoms with van der Waals surface area (Å²) >= 11 is 0. The molecular weight excluding hydrogens is 326 g/mol. The summed E-state index contributed by atoms with van der Waals surface area (Å²) in [4.78, 5) is 10.6. The molecule has 5 heteroatoms. The van der Waals surface area contributed by atoms with Crippen molar-refractivity contribution in [1.82, 2.24) is 4.57 Å². The number of benzene rings is 2. The maximum Gasteiger partial charge on any atom is 0.270 e. The molecule has 0 fully saturated rings. The van der Waals surface area contributed by atoms with Crippen LogP contribution in [-0.2, 0) is 0 Å². The molecular formula is C21H19N3O2. The van der Waals surface area contributed by atoms with E-state index in [9.17, 15) is 15.4 Å². The zero-order valence-electron chi connectivity index (χ0n) is 14.7. The molecule has 26 heavy (non-hydrogen) atoms. The Morgan fingerprint density at radius 3 is 2.77 bits per heavy atom. The number of non-ortho nitro benzene ring substituents is 1. The highest BCUT2D eigenvalue weighted by Crippen LogP contribution is 2.29. The van der Waals surface area contributed by atoms with Gasteiger partial charge in [0.05, 0.1) is 16.6 Å². The summed E-state index contributed by atoms with van der Waals surface area (Å²) in [5.41, 5.74) is 2.97. The van der Waals surface area contributed by atoms with E-state index in [2.05, 4.69) is 30.6 Å². The van der Waals surface area contributed by atoms with Crippen molar-refractivity contribution in [2.45, 2.75) is 26.3 Å². The maximum atomic E-state index is 11.0. The molecule has 0 unspecified atom stereocenters. The Balaban J connectivity index is 2.15. The first kappa shape index (κ1) is 17.4. The molecule has 2 aromatic carbocycles. The minimum absolute atomic E-state index is 0.0225. The Morgan fingerprint density at radius 1 is 1.31 bits per heavy atom. The summed E-state index contributed by atoms with van der Waals surface area (Å²) in [6, 6.07) is 16.8. The summed E-state index contributed by atoms with van der Waals surface area (Å²) in [5.74, 6) is 0. The van der Waals surface area contributed by atoms with Gasteiger partial charge in [0.2, 0.25) is 0 Å². The molecule has 0 radical (unpaired) electrons. The SMILES string of the molecule is CC[C@@H](C)n1cc(/C=C(/C#N)c2cccc([N+](=O)[O-])c2)c2ccccc21. The van der Waals surface area contributed by atoms with E-state index in [1.807, 2.05) is 24.4 Å². The fraction of sp³-hybridized carbons (Fsp3) is 0.190. The second-order valence-electron chi connectivity index (χ2n) is 6.24.